The molecule has 4 heteroatoms. The lowest BCUT2D eigenvalue weighted by molar-refractivity contribution is 0.332. The fraction of sp³-hybridized carbons (Fsp3) is 0.368. The largest absolute Gasteiger partial charge is 0.463 e. The van der Waals surface area contributed by atoms with Gasteiger partial charge in [0, 0.05) is 24.5 Å². The van der Waals surface area contributed by atoms with Crippen LogP contribution in [0, 0.1) is 20.8 Å². The minimum Gasteiger partial charge on any atom is -0.463 e. The molecule has 0 saturated carbocycles. The number of amidine groups is 1. The molecule has 4 nitrogen and oxygen atoms in total. The molecule has 23 heavy (non-hydrogen) atoms. The first kappa shape index (κ1) is 15.5. The molecule has 0 amide bonds. The Kier molecular flexibility index (Phi) is 4.60. The number of aryl methyl sites for hydroxylation is 2. The van der Waals surface area contributed by atoms with Crippen LogP contribution >= 0.6 is 0 Å². The van der Waals surface area contributed by atoms with Crippen molar-refractivity contribution < 1.29 is 4.74 Å². The Labute approximate surface area is 137 Å². The molecule has 1 aliphatic heterocycles. The van der Waals surface area contributed by atoms with Gasteiger partial charge in [-0.3, -0.25) is 4.98 Å². The quantitative estimate of drug-likeness (QED) is 0.943. The second kappa shape index (κ2) is 6.82. The van der Waals surface area contributed by atoms with Crippen LogP contribution in [0.5, 0.6) is 0 Å². The van der Waals surface area contributed by atoms with Crippen molar-refractivity contribution in [3.05, 3.63) is 52.8 Å². The molecule has 0 aliphatic carbocycles. The van der Waals surface area contributed by atoms with Crippen LogP contribution in [0.1, 0.15) is 22.3 Å². The molecule has 0 atom stereocenters. The van der Waals surface area contributed by atoms with Crippen molar-refractivity contribution in [1.82, 2.24) is 10.3 Å². The summed E-state index contributed by atoms with van der Waals surface area (Å²) in [6.45, 7) is 8.70. The number of pyridine rings is 1. The first-order chi connectivity index (χ1) is 11.2. The third kappa shape index (κ3) is 3.36. The molecule has 120 valence electrons. The summed E-state index contributed by atoms with van der Waals surface area (Å²) in [5, 5.41) is 3.27. The van der Waals surface area contributed by atoms with Gasteiger partial charge in [-0.15, -0.1) is 0 Å². The molecule has 1 aromatic carbocycles. The molecule has 0 unspecified atom stereocenters. The lowest BCUT2D eigenvalue weighted by atomic mass is 9.91. The zero-order chi connectivity index (χ0) is 16.2. The number of hydrogen-bond donors (Lipinski definition) is 1. The van der Waals surface area contributed by atoms with Gasteiger partial charge in [-0.05, 0) is 55.0 Å². The van der Waals surface area contributed by atoms with E-state index in [2.05, 4.69) is 54.3 Å². The van der Waals surface area contributed by atoms with E-state index in [1.54, 1.807) is 0 Å². The van der Waals surface area contributed by atoms with Gasteiger partial charge < -0.3 is 10.1 Å². The molecule has 0 spiro atoms. The van der Waals surface area contributed by atoms with Crippen LogP contribution in [0.2, 0.25) is 0 Å². The van der Waals surface area contributed by atoms with Crippen molar-refractivity contribution >= 4 is 6.02 Å². The standard InChI is InChI=1S/C19H23N3O/c1-13-5-4-6-16(7-8-21-19-22-9-10-23-19)18(13)17-12-20-11-14(2)15(17)3/h4-6,11-12H,7-10H2,1-3H3,(H,21,22). The zero-order valence-corrected chi connectivity index (χ0v) is 14.0. The number of benzene rings is 1. The van der Waals surface area contributed by atoms with E-state index in [-0.39, 0.29) is 0 Å². The van der Waals surface area contributed by atoms with Gasteiger partial charge in [-0.2, -0.15) is 0 Å². The summed E-state index contributed by atoms with van der Waals surface area (Å²) in [5.41, 5.74) is 7.67. The smallest absolute Gasteiger partial charge is 0.284 e. The first-order valence-corrected chi connectivity index (χ1v) is 8.08. The minimum atomic E-state index is 0.674. The van der Waals surface area contributed by atoms with Crippen LogP contribution in [0.15, 0.2) is 35.6 Å². The van der Waals surface area contributed by atoms with Crippen LogP contribution in [-0.4, -0.2) is 30.7 Å². The predicted molar refractivity (Wildman–Crippen MR) is 93.8 cm³/mol. The molecule has 2 aromatic rings. The highest BCUT2D eigenvalue weighted by Crippen LogP contribution is 2.31. The number of aliphatic imine (C=N–C) groups is 1. The van der Waals surface area contributed by atoms with Gasteiger partial charge >= 0.3 is 0 Å². The average molecular weight is 309 g/mol. The molecular formula is C19H23N3O. The third-order valence-corrected chi connectivity index (χ3v) is 4.35. The van der Waals surface area contributed by atoms with Gasteiger partial charge in [0.2, 0.25) is 0 Å². The van der Waals surface area contributed by atoms with E-state index in [0.717, 1.165) is 19.5 Å². The van der Waals surface area contributed by atoms with Crippen LogP contribution in [0.3, 0.4) is 0 Å². The minimum absolute atomic E-state index is 0.674. The number of nitrogens with one attached hydrogen (secondary N) is 1. The van der Waals surface area contributed by atoms with E-state index in [4.69, 9.17) is 4.74 Å². The molecule has 0 radical (unpaired) electrons. The van der Waals surface area contributed by atoms with Crippen molar-refractivity contribution in [2.75, 3.05) is 19.7 Å². The normalized spacial score (nSPS) is 13.6. The summed E-state index contributed by atoms with van der Waals surface area (Å²) in [6.07, 6.45) is 4.83. The topological polar surface area (TPSA) is 46.5 Å². The fourth-order valence-electron chi connectivity index (χ4n) is 2.95. The number of aromatic nitrogens is 1. The van der Waals surface area contributed by atoms with Crippen molar-refractivity contribution in [2.45, 2.75) is 27.2 Å². The monoisotopic (exact) mass is 309 g/mol. The highest BCUT2D eigenvalue weighted by molar-refractivity contribution is 5.75. The maximum absolute atomic E-state index is 5.39. The number of ether oxygens (including phenoxy) is 1. The Morgan fingerprint density at radius 1 is 1.13 bits per heavy atom. The SMILES string of the molecule is Cc1cncc(-c2c(C)cccc2CCNC2=NCCO2)c1C. The molecule has 1 aromatic heterocycles. The van der Waals surface area contributed by atoms with Gasteiger partial charge in [0.25, 0.3) is 6.02 Å². The first-order valence-electron chi connectivity index (χ1n) is 8.08. The van der Waals surface area contributed by atoms with E-state index in [1.165, 1.54) is 33.4 Å². The molecule has 1 N–H and O–H groups in total. The van der Waals surface area contributed by atoms with E-state index in [1.807, 2.05) is 12.4 Å². The summed E-state index contributed by atoms with van der Waals surface area (Å²) >= 11 is 0. The van der Waals surface area contributed by atoms with Crippen molar-refractivity contribution in [3.8, 4) is 11.1 Å². The number of hydrogen-bond acceptors (Lipinski definition) is 4. The Bertz CT molecular complexity index is 737. The summed E-state index contributed by atoms with van der Waals surface area (Å²) in [4.78, 5) is 8.66. The van der Waals surface area contributed by atoms with Crippen LogP contribution < -0.4 is 5.32 Å². The molecular weight excluding hydrogens is 286 g/mol. The highest BCUT2D eigenvalue weighted by Gasteiger charge is 2.13. The Balaban J connectivity index is 1.86. The van der Waals surface area contributed by atoms with Gasteiger partial charge in [-0.1, -0.05) is 18.2 Å². The number of nitrogens with zero attached hydrogens (tertiary/aromatic N) is 2. The number of rotatable bonds is 4. The van der Waals surface area contributed by atoms with E-state index >= 15 is 0 Å². The van der Waals surface area contributed by atoms with Crippen molar-refractivity contribution in [2.24, 2.45) is 4.99 Å². The predicted octanol–water partition coefficient (Wildman–Crippen LogP) is 3.19. The molecule has 3 rings (SSSR count). The van der Waals surface area contributed by atoms with Gasteiger partial charge in [0.05, 0.1) is 6.54 Å². The lowest BCUT2D eigenvalue weighted by Gasteiger charge is -2.16. The average Bonchev–Trinajstić information content (AvgIpc) is 3.04. The fourth-order valence-corrected chi connectivity index (χ4v) is 2.95. The maximum Gasteiger partial charge on any atom is 0.284 e. The second-order valence-electron chi connectivity index (χ2n) is 5.95. The maximum atomic E-state index is 5.39. The molecule has 0 saturated heterocycles. The molecule has 0 fully saturated rings. The Morgan fingerprint density at radius 3 is 2.78 bits per heavy atom. The van der Waals surface area contributed by atoms with Gasteiger partial charge in [0.15, 0.2) is 0 Å². The zero-order valence-electron chi connectivity index (χ0n) is 14.0. The van der Waals surface area contributed by atoms with E-state index in [9.17, 15) is 0 Å². The van der Waals surface area contributed by atoms with Gasteiger partial charge in [0.1, 0.15) is 6.61 Å². The van der Waals surface area contributed by atoms with E-state index in [0.29, 0.717) is 12.6 Å². The summed E-state index contributed by atoms with van der Waals surface area (Å²) in [7, 11) is 0. The molecule has 1 aliphatic rings. The van der Waals surface area contributed by atoms with Gasteiger partial charge in [-0.25, -0.2) is 4.99 Å². The third-order valence-electron chi connectivity index (χ3n) is 4.35. The summed E-state index contributed by atoms with van der Waals surface area (Å²) < 4.78 is 5.39. The summed E-state index contributed by atoms with van der Waals surface area (Å²) in [6, 6.07) is 7.16. The van der Waals surface area contributed by atoms with Crippen LogP contribution in [0.25, 0.3) is 11.1 Å². The summed E-state index contributed by atoms with van der Waals surface area (Å²) in [5.74, 6) is 0. The van der Waals surface area contributed by atoms with Crippen LogP contribution in [-0.2, 0) is 11.2 Å². The molecule has 2 heterocycles. The Hall–Kier alpha value is -2.36. The second-order valence-corrected chi connectivity index (χ2v) is 5.95. The van der Waals surface area contributed by atoms with E-state index < -0.39 is 0 Å². The van der Waals surface area contributed by atoms with Crippen molar-refractivity contribution in [3.63, 3.8) is 0 Å². The van der Waals surface area contributed by atoms with Crippen LogP contribution in [0.4, 0.5) is 0 Å². The lowest BCUT2D eigenvalue weighted by Crippen LogP contribution is -2.26. The van der Waals surface area contributed by atoms with Crippen molar-refractivity contribution in [1.29, 1.82) is 0 Å². The molecule has 0 bridgehead atoms. The highest BCUT2D eigenvalue weighted by atomic mass is 16.5. The Morgan fingerprint density at radius 2 is 2.00 bits per heavy atom.